The Balaban J connectivity index is 0.00000225. The minimum absolute atomic E-state index is 0. The van der Waals surface area contributed by atoms with E-state index >= 15 is 0 Å². The molecule has 0 aliphatic heterocycles. The molecule has 0 unspecified atom stereocenters. The standard InChI is InChI=1S/C11H15BrClNO.ClH/c1-6(2)5-9(14)10-7(12)3-4-8(13)11(10)15;/h3-4,6,9,15H,5,14H2,1-2H3;1H/t9-;/m0./s1. The molecule has 92 valence electrons. The highest BCUT2D eigenvalue weighted by Crippen LogP contribution is 2.38. The Kier molecular flexibility index (Phi) is 6.71. The van der Waals surface area contributed by atoms with E-state index in [0.29, 0.717) is 16.5 Å². The van der Waals surface area contributed by atoms with E-state index in [-0.39, 0.29) is 24.2 Å². The van der Waals surface area contributed by atoms with E-state index in [1.807, 2.05) is 0 Å². The van der Waals surface area contributed by atoms with Crippen LogP contribution < -0.4 is 5.73 Å². The number of benzene rings is 1. The van der Waals surface area contributed by atoms with Crippen molar-refractivity contribution in [2.24, 2.45) is 11.7 Å². The number of hydrogen-bond acceptors (Lipinski definition) is 2. The van der Waals surface area contributed by atoms with Crippen molar-refractivity contribution in [1.82, 2.24) is 0 Å². The predicted octanol–water partition coefficient (Wildman–Crippen LogP) is 4.28. The van der Waals surface area contributed by atoms with Crippen molar-refractivity contribution >= 4 is 39.9 Å². The molecule has 5 heteroatoms. The van der Waals surface area contributed by atoms with Crippen molar-refractivity contribution in [2.45, 2.75) is 26.3 Å². The second-order valence-electron chi connectivity index (χ2n) is 4.03. The highest BCUT2D eigenvalue weighted by Gasteiger charge is 2.17. The van der Waals surface area contributed by atoms with E-state index in [1.165, 1.54) is 0 Å². The molecule has 1 rings (SSSR count). The molecule has 2 nitrogen and oxygen atoms in total. The fraction of sp³-hybridized carbons (Fsp3) is 0.455. The van der Waals surface area contributed by atoms with Gasteiger partial charge in [0, 0.05) is 16.1 Å². The molecule has 0 fully saturated rings. The van der Waals surface area contributed by atoms with Crippen LogP contribution in [0.25, 0.3) is 0 Å². The first-order chi connectivity index (χ1) is 6.93. The van der Waals surface area contributed by atoms with Gasteiger partial charge < -0.3 is 10.8 Å². The topological polar surface area (TPSA) is 46.2 Å². The van der Waals surface area contributed by atoms with E-state index < -0.39 is 0 Å². The molecule has 0 saturated heterocycles. The van der Waals surface area contributed by atoms with Gasteiger partial charge in [0.1, 0.15) is 5.75 Å². The van der Waals surface area contributed by atoms with Crippen molar-refractivity contribution in [3.8, 4) is 5.75 Å². The van der Waals surface area contributed by atoms with Crippen LogP contribution in [-0.2, 0) is 0 Å². The molecule has 16 heavy (non-hydrogen) atoms. The van der Waals surface area contributed by atoms with Crippen LogP contribution in [0, 0.1) is 5.92 Å². The van der Waals surface area contributed by atoms with Crippen LogP contribution in [0.4, 0.5) is 0 Å². The van der Waals surface area contributed by atoms with E-state index in [2.05, 4.69) is 29.8 Å². The summed E-state index contributed by atoms with van der Waals surface area (Å²) in [6.07, 6.45) is 0.812. The molecule has 0 aliphatic carbocycles. The molecule has 0 spiro atoms. The lowest BCUT2D eigenvalue weighted by Gasteiger charge is -2.18. The molecule has 0 saturated carbocycles. The summed E-state index contributed by atoms with van der Waals surface area (Å²) in [5, 5.41) is 10.2. The third-order valence-electron chi connectivity index (χ3n) is 2.21. The molecule has 3 N–H and O–H groups in total. The summed E-state index contributed by atoms with van der Waals surface area (Å²) in [5.74, 6) is 0.560. The van der Waals surface area contributed by atoms with Crippen LogP contribution in [0.2, 0.25) is 5.02 Å². The molecule has 0 amide bonds. The molecule has 0 bridgehead atoms. The number of rotatable bonds is 3. The number of nitrogens with two attached hydrogens (primary N) is 1. The third kappa shape index (κ3) is 3.81. The van der Waals surface area contributed by atoms with Gasteiger partial charge in [-0.3, -0.25) is 0 Å². The lowest BCUT2D eigenvalue weighted by atomic mass is 9.97. The fourth-order valence-electron chi connectivity index (χ4n) is 1.54. The van der Waals surface area contributed by atoms with Crippen molar-refractivity contribution in [1.29, 1.82) is 0 Å². The Morgan fingerprint density at radius 1 is 1.44 bits per heavy atom. The van der Waals surface area contributed by atoms with Gasteiger partial charge in [0.2, 0.25) is 0 Å². The molecule has 0 aliphatic rings. The SMILES string of the molecule is CC(C)C[C@H](N)c1c(Br)ccc(Cl)c1O.Cl. The maximum absolute atomic E-state index is 9.82. The minimum atomic E-state index is -0.196. The van der Waals surface area contributed by atoms with Gasteiger partial charge in [-0.1, -0.05) is 41.4 Å². The number of aromatic hydroxyl groups is 1. The average Bonchev–Trinajstić information content (AvgIpc) is 2.11. The van der Waals surface area contributed by atoms with E-state index in [1.54, 1.807) is 12.1 Å². The second kappa shape index (κ2) is 6.70. The first-order valence-electron chi connectivity index (χ1n) is 4.86. The number of phenols is 1. The van der Waals surface area contributed by atoms with Gasteiger partial charge in [0.05, 0.1) is 5.02 Å². The minimum Gasteiger partial charge on any atom is -0.506 e. The van der Waals surface area contributed by atoms with Crippen molar-refractivity contribution in [3.63, 3.8) is 0 Å². The Morgan fingerprint density at radius 2 is 2.00 bits per heavy atom. The molecule has 1 aromatic rings. The zero-order chi connectivity index (χ0) is 11.6. The summed E-state index contributed by atoms with van der Waals surface area (Å²) in [7, 11) is 0. The normalized spacial score (nSPS) is 12.4. The van der Waals surface area contributed by atoms with Crippen LogP contribution in [0.15, 0.2) is 16.6 Å². The predicted molar refractivity (Wildman–Crippen MR) is 74.4 cm³/mol. The first-order valence-corrected chi connectivity index (χ1v) is 6.03. The molecule has 1 aromatic carbocycles. The van der Waals surface area contributed by atoms with Crippen LogP contribution in [0.1, 0.15) is 31.9 Å². The van der Waals surface area contributed by atoms with E-state index in [0.717, 1.165) is 10.9 Å². The van der Waals surface area contributed by atoms with Gasteiger partial charge in [-0.25, -0.2) is 0 Å². The average molecular weight is 329 g/mol. The van der Waals surface area contributed by atoms with Gasteiger partial charge in [-0.05, 0) is 24.5 Å². The lowest BCUT2D eigenvalue weighted by molar-refractivity contribution is 0.444. The van der Waals surface area contributed by atoms with Gasteiger partial charge in [0.15, 0.2) is 0 Å². The highest BCUT2D eigenvalue weighted by atomic mass is 79.9. The summed E-state index contributed by atoms with van der Waals surface area (Å²) in [6.45, 7) is 4.19. The Bertz CT molecular complexity index is 358. The Labute approximate surface area is 116 Å². The highest BCUT2D eigenvalue weighted by molar-refractivity contribution is 9.10. The second-order valence-corrected chi connectivity index (χ2v) is 5.29. The van der Waals surface area contributed by atoms with Crippen LogP contribution in [0.5, 0.6) is 5.75 Å². The number of phenolic OH excluding ortho intramolecular Hbond substituents is 1. The van der Waals surface area contributed by atoms with Crippen LogP contribution in [-0.4, -0.2) is 5.11 Å². The maximum Gasteiger partial charge on any atom is 0.140 e. The zero-order valence-electron chi connectivity index (χ0n) is 9.21. The molecule has 1 atom stereocenters. The fourth-order valence-corrected chi connectivity index (χ4v) is 2.31. The third-order valence-corrected chi connectivity index (χ3v) is 3.21. The smallest absolute Gasteiger partial charge is 0.140 e. The van der Waals surface area contributed by atoms with Gasteiger partial charge in [-0.15, -0.1) is 12.4 Å². The van der Waals surface area contributed by atoms with Crippen LogP contribution in [0.3, 0.4) is 0 Å². The monoisotopic (exact) mass is 327 g/mol. The summed E-state index contributed by atoms with van der Waals surface area (Å²) in [5.41, 5.74) is 6.71. The molecule has 0 radical (unpaired) electrons. The first kappa shape index (κ1) is 16.0. The number of halogens is 3. The molecule has 0 aromatic heterocycles. The van der Waals surface area contributed by atoms with Crippen molar-refractivity contribution in [3.05, 3.63) is 27.2 Å². The van der Waals surface area contributed by atoms with E-state index in [9.17, 15) is 5.11 Å². The van der Waals surface area contributed by atoms with Gasteiger partial charge in [0.25, 0.3) is 0 Å². The van der Waals surface area contributed by atoms with Gasteiger partial charge >= 0.3 is 0 Å². The quantitative estimate of drug-likeness (QED) is 0.870. The maximum atomic E-state index is 9.82. The van der Waals surface area contributed by atoms with E-state index in [4.69, 9.17) is 17.3 Å². The summed E-state index contributed by atoms with van der Waals surface area (Å²) in [4.78, 5) is 0. The summed E-state index contributed by atoms with van der Waals surface area (Å²) < 4.78 is 0.803. The molecular weight excluding hydrogens is 313 g/mol. The lowest BCUT2D eigenvalue weighted by Crippen LogP contribution is -2.13. The van der Waals surface area contributed by atoms with Crippen molar-refractivity contribution in [2.75, 3.05) is 0 Å². The van der Waals surface area contributed by atoms with Crippen molar-refractivity contribution < 1.29 is 5.11 Å². The molecular formula is C11H16BrCl2NO. The number of hydrogen-bond donors (Lipinski definition) is 2. The largest absolute Gasteiger partial charge is 0.506 e. The Morgan fingerprint density at radius 3 is 2.50 bits per heavy atom. The zero-order valence-corrected chi connectivity index (χ0v) is 12.4. The van der Waals surface area contributed by atoms with Crippen LogP contribution >= 0.6 is 39.9 Å². The molecule has 0 heterocycles. The summed E-state index contributed by atoms with van der Waals surface area (Å²) >= 11 is 9.21. The Hall–Kier alpha value is 0.0400. The van der Waals surface area contributed by atoms with Gasteiger partial charge in [-0.2, -0.15) is 0 Å². The summed E-state index contributed by atoms with van der Waals surface area (Å²) in [6, 6.07) is 3.25.